The van der Waals surface area contributed by atoms with Gasteiger partial charge < -0.3 is 15.6 Å². The molecule has 0 radical (unpaired) electrons. The Kier molecular flexibility index (Phi) is 2.56. The van der Waals surface area contributed by atoms with Gasteiger partial charge >= 0.3 is 0 Å². The minimum absolute atomic E-state index is 0.400. The van der Waals surface area contributed by atoms with Crippen LogP contribution in [0.4, 0.5) is 0 Å². The highest BCUT2D eigenvalue weighted by atomic mass is 16.5. The number of hydrogen-bond donors (Lipinski definition) is 2. The SMILES string of the molecule is Cc1noc(C)c1CNC1CC(N)C1. The van der Waals surface area contributed by atoms with Gasteiger partial charge in [-0.2, -0.15) is 0 Å². The van der Waals surface area contributed by atoms with Crippen molar-refractivity contribution in [3.63, 3.8) is 0 Å². The van der Waals surface area contributed by atoms with Gasteiger partial charge in [-0.25, -0.2) is 0 Å². The first-order chi connectivity index (χ1) is 6.66. The molecule has 1 aromatic rings. The minimum Gasteiger partial charge on any atom is -0.361 e. The number of nitrogens with zero attached hydrogens (tertiary/aromatic N) is 1. The summed E-state index contributed by atoms with van der Waals surface area (Å²) >= 11 is 0. The Morgan fingerprint density at radius 3 is 2.71 bits per heavy atom. The molecule has 2 rings (SSSR count). The number of nitrogens with one attached hydrogen (secondary N) is 1. The molecule has 0 aliphatic heterocycles. The lowest BCUT2D eigenvalue weighted by molar-refractivity contribution is 0.290. The van der Waals surface area contributed by atoms with E-state index in [0.29, 0.717) is 12.1 Å². The number of aromatic nitrogens is 1. The molecule has 0 atom stereocenters. The molecule has 1 aliphatic carbocycles. The Balaban J connectivity index is 1.86. The molecule has 1 saturated carbocycles. The van der Waals surface area contributed by atoms with E-state index in [2.05, 4.69) is 10.5 Å². The highest BCUT2D eigenvalue weighted by Gasteiger charge is 2.25. The van der Waals surface area contributed by atoms with Gasteiger partial charge in [0.15, 0.2) is 0 Å². The maximum atomic E-state index is 5.71. The molecule has 0 spiro atoms. The molecule has 0 amide bonds. The van der Waals surface area contributed by atoms with Crippen molar-refractivity contribution in [3.05, 3.63) is 17.0 Å². The van der Waals surface area contributed by atoms with E-state index in [1.54, 1.807) is 0 Å². The second-order valence-corrected chi connectivity index (χ2v) is 4.11. The lowest BCUT2D eigenvalue weighted by atomic mass is 9.87. The zero-order chi connectivity index (χ0) is 10.1. The van der Waals surface area contributed by atoms with Crippen molar-refractivity contribution in [2.75, 3.05) is 0 Å². The molecular weight excluding hydrogens is 178 g/mol. The number of nitrogens with two attached hydrogens (primary N) is 1. The molecule has 3 N–H and O–H groups in total. The second kappa shape index (κ2) is 3.71. The van der Waals surface area contributed by atoms with Gasteiger partial charge in [0.2, 0.25) is 0 Å². The van der Waals surface area contributed by atoms with Crippen molar-refractivity contribution in [1.82, 2.24) is 10.5 Å². The molecule has 14 heavy (non-hydrogen) atoms. The third-order valence-electron chi connectivity index (χ3n) is 2.92. The topological polar surface area (TPSA) is 64.1 Å². The molecule has 4 nitrogen and oxygen atoms in total. The van der Waals surface area contributed by atoms with Gasteiger partial charge in [0, 0.05) is 24.2 Å². The van der Waals surface area contributed by atoms with Crippen LogP contribution >= 0.6 is 0 Å². The fraction of sp³-hybridized carbons (Fsp3) is 0.700. The van der Waals surface area contributed by atoms with E-state index in [4.69, 9.17) is 10.3 Å². The Morgan fingerprint density at radius 1 is 1.50 bits per heavy atom. The van der Waals surface area contributed by atoms with Crippen molar-refractivity contribution < 1.29 is 4.52 Å². The van der Waals surface area contributed by atoms with Crippen LogP contribution < -0.4 is 11.1 Å². The van der Waals surface area contributed by atoms with Crippen LogP contribution in [0, 0.1) is 13.8 Å². The third kappa shape index (κ3) is 1.81. The highest BCUT2D eigenvalue weighted by molar-refractivity contribution is 5.20. The number of hydrogen-bond acceptors (Lipinski definition) is 4. The van der Waals surface area contributed by atoms with E-state index in [1.165, 1.54) is 5.56 Å². The highest BCUT2D eigenvalue weighted by Crippen LogP contribution is 2.19. The molecule has 78 valence electrons. The van der Waals surface area contributed by atoms with Gasteiger partial charge in [-0.05, 0) is 26.7 Å². The minimum atomic E-state index is 0.400. The zero-order valence-electron chi connectivity index (χ0n) is 8.71. The van der Waals surface area contributed by atoms with Gasteiger partial charge in [0.25, 0.3) is 0 Å². The van der Waals surface area contributed by atoms with Crippen molar-refractivity contribution in [2.45, 2.75) is 45.3 Å². The molecule has 0 bridgehead atoms. The summed E-state index contributed by atoms with van der Waals surface area (Å²) in [7, 11) is 0. The van der Waals surface area contributed by atoms with Gasteiger partial charge in [-0.3, -0.25) is 0 Å². The molecule has 0 unspecified atom stereocenters. The van der Waals surface area contributed by atoms with Crippen molar-refractivity contribution in [2.24, 2.45) is 5.73 Å². The quantitative estimate of drug-likeness (QED) is 0.751. The fourth-order valence-corrected chi connectivity index (χ4v) is 1.83. The molecule has 4 heteroatoms. The summed E-state index contributed by atoms with van der Waals surface area (Å²) in [5, 5.41) is 7.37. The van der Waals surface area contributed by atoms with Crippen LogP contribution in [0.3, 0.4) is 0 Å². The van der Waals surface area contributed by atoms with E-state index in [1.807, 2.05) is 13.8 Å². The van der Waals surface area contributed by atoms with E-state index >= 15 is 0 Å². The first-order valence-corrected chi connectivity index (χ1v) is 5.07. The van der Waals surface area contributed by atoms with Crippen LogP contribution in [-0.2, 0) is 6.54 Å². The number of aryl methyl sites for hydroxylation is 2. The average molecular weight is 195 g/mol. The zero-order valence-corrected chi connectivity index (χ0v) is 8.71. The summed E-state index contributed by atoms with van der Waals surface area (Å²) in [5.41, 5.74) is 7.88. The second-order valence-electron chi connectivity index (χ2n) is 4.11. The van der Waals surface area contributed by atoms with Gasteiger partial charge in [-0.1, -0.05) is 5.16 Å². The van der Waals surface area contributed by atoms with E-state index < -0.39 is 0 Å². The van der Waals surface area contributed by atoms with Crippen LogP contribution in [0.5, 0.6) is 0 Å². The maximum Gasteiger partial charge on any atom is 0.138 e. The largest absolute Gasteiger partial charge is 0.361 e. The van der Waals surface area contributed by atoms with Crippen molar-refractivity contribution in [3.8, 4) is 0 Å². The number of rotatable bonds is 3. The summed E-state index contributed by atoms with van der Waals surface area (Å²) in [5.74, 6) is 0.915. The van der Waals surface area contributed by atoms with Crippen LogP contribution in [-0.4, -0.2) is 17.2 Å². The maximum absolute atomic E-state index is 5.71. The predicted octanol–water partition coefficient (Wildman–Crippen LogP) is 0.871. The Hall–Kier alpha value is -0.870. The molecule has 0 saturated heterocycles. The lowest BCUT2D eigenvalue weighted by Gasteiger charge is -2.33. The van der Waals surface area contributed by atoms with Gasteiger partial charge in [0.05, 0.1) is 5.69 Å². The molecule has 0 aromatic carbocycles. The molecule has 1 aromatic heterocycles. The standard InChI is InChI=1S/C10H17N3O/c1-6-10(7(2)14-13-6)5-12-9-3-8(11)4-9/h8-9,12H,3-5,11H2,1-2H3. The Bertz CT molecular complexity index is 296. The van der Waals surface area contributed by atoms with E-state index in [-0.39, 0.29) is 0 Å². The molecule has 1 heterocycles. The summed E-state index contributed by atoms with van der Waals surface area (Å²) in [6.07, 6.45) is 2.17. The third-order valence-corrected chi connectivity index (χ3v) is 2.92. The van der Waals surface area contributed by atoms with Crippen LogP contribution in [0.15, 0.2) is 4.52 Å². The summed E-state index contributed by atoms with van der Waals surface area (Å²) in [6.45, 7) is 4.77. The fourth-order valence-electron chi connectivity index (χ4n) is 1.83. The predicted molar refractivity (Wildman–Crippen MR) is 53.8 cm³/mol. The Labute approximate surface area is 83.8 Å². The Morgan fingerprint density at radius 2 is 2.21 bits per heavy atom. The first-order valence-electron chi connectivity index (χ1n) is 5.07. The van der Waals surface area contributed by atoms with Crippen molar-refractivity contribution >= 4 is 0 Å². The van der Waals surface area contributed by atoms with Gasteiger partial charge in [0.1, 0.15) is 5.76 Å². The normalized spacial score (nSPS) is 26.2. The molecule has 1 aliphatic rings. The average Bonchev–Trinajstić information content (AvgIpc) is 2.40. The van der Waals surface area contributed by atoms with Gasteiger partial charge in [-0.15, -0.1) is 0 Å². The van der Waals surface area contributed by atoms with Crippen LogP contribution in [0.25, 0.3) is 0 Å². The van der Waals surface area contributed by atoms with Crippen LogP contribution in [0.1, 0.15) is 29.9 Å². The van der Waals surface area contributed by atoms with Crippen LogP contribution in [0.2, 0.25) is 0 Å². The van der Waals surface area contributed by atoms with Crippen molar-refractivity contribution in [1.29, 1.82) is 0 Å². The van der Waals surface area contributed by atoms with E-state index in [0.717, 1.165) is 30.8 Å². The smallest absolute Gasteiger partial charge is 0.138 e. The van der Waals surface area contributed by atoms with E-state index in [9.17, 15) is 0 Å². The first kappa shape index (κ1) is 9.68. The molecular formula is C10H17N3O. The monoisotopic (exact) mass is 195 g/mol. The lowest BCUT2D eigenvalue weighted by Crippen LogP contribution is -2.48. The summed E-state index contributed by atoms with van der Waals surface area (Å²) in [4.78, 5) is 0. The molecule has 1 fully saturated rings. The summed E-state index contributed by atoms with van der Waals surface area (Å²) in [6, 6.07) is 0.982. The summed E-state index contributed by atoms with van der Waals surface area (Å²) < 4.78 is 5.09.